The van der Waals surface area contributed by atoms with Gasteiger partial charge in [-0.1, -0.05) is 12.1 Å². The smallest absolute Gasteiger partial charge is 0.143 e. The Kier molecular flexibility index (Phi) is 2.59. The van der Waals surface area contributed by atoms with E-state index in [0.717, 1.165) is 30.7 Å². The van der Waals surface area contributed by atoms with Gasteiger partial charge in [-0.25, -0.2) is 0 Å². The molecule has 0 bridgehead atoms. The molecule has 96 valence electrons. The maximum absolute atomic E-state index is 5.97. The van der Waals surface area contributed by atoms with E-state index in [4.69, 9.17) is 9.47 Å². The molecule has 1 aliphatic heterocycles. The van der Waals surface area contributed by atoms with E-state index in [1.165, 1.54) is 10.9 Å². The summed E-state index contributed by atoms with van der Waals surface area (Å²) >= 11 is 0. The van der Waals surface area contributed by atoms with E-state index in [2.05, 4.69) is 30.8 Å². The van der Waals surface area contributed by atoms with Gasteiger partial charge in [-0.3, -0.25) is 0 Å². The molecule has 0 saturated carbocycles. The second-order valence-electron chi connectivity index (χ2n) is 5.19. The fraction of sp³-hybridized carbons (Fsp3) is 0.467. The Balaban J connectivity index is 2.25. The van der Waals surface area contributed by atoms with Crippen LogP contribution in [-0.2, 0) is 17.4 Å². The SMILES string of the molecule is COc1cccc2c(C3(C)CCCO3)cn(C)c12. The van der Waals surface area contributed by atoms with Crippen LogP contribution in [-0.4, -0.2) is 18.3 Å². The molecular formula is C15H19NO2. The van der Waals surface area contributed by atoms with Gasteiger partial charge in [-0.05, 0) is 25.8 Å². The lowest BCUT2D eigenvalue weighted by atomic mass is 9.92. The minimum Gasteiger partial charge on any atom is -0.495 e. The highest BCUT2D eigenvalue weighted by Crippen LogP contribution is 2.41. The molecule has 1 fully saturated rings. The number of fused-ring (bicyclic) bond motifs is 1. The topological polar surface area (TPSA) is 23.4 Å². The Morgan fingerprint density at radius 3 is 2.89 bits per heavy atom. The second kappa shape index (κ2) is 4.02. The van der Waals surface area contributed by atoms with Crippen LogP contribution in [0.25, 0.3) is 10.9 Å². The molecule has 2 aromatic rings. The highest BCUT2D eigenvalue weighted by molar-refractivity contribution is 5.89. The number of para-hydroxylation sites is 1. The van der Waals surface area contributed by atoms with Crippen LogP contribution in [0.1, 0.15) is 25.3 Å². The number of hydrogen-bond donors (Lipinski definition) is 0. The van der Waals surface area contributed by atoms with Crippen molar-refractivity contribution >= 4 is 10.9 Å². The summed E-state index contributed by atoms with van der Waals surface area (Å²) in [4.78, 5) is 0. The number of hydrogen-bond acceptors (Lipinski definition) is 2. The van der Waals surface area contributed by atoms with Crippen molar-refractivity contribution in [2.75, 3.05) is 13.7 Å². The van der Waals surface area contributed by atoms with Crippen molar-refractivity contribution in [1.82, 2.24) is 4.57 Å². The van der Waals surface area contributed by atoms with Gasteiger partial charge in [-0.15, -0.1) is 0 Å². The molecule has 0 N–H and O–H groups in total. The Morgan fingerprint density at radius 2 is 2.22 bits per heavy atom. The van der Waals surface area contributed by atoms with Gasteiger partial charge in [-0.2, -0.15) is 0 Å². The summed E-state index contributed by atoms with van der Waals surface area (Å²) < 4.78 is 13.6. The zero-order chi connectivity index (χ0) is 12.8. The average Bonchev–Trinajstić information content (AvgIpc) is 2.95. The predicted octanol–water partition coefficient (Wildman–Crippen LogP) is 3.21. The molecule has 2 heterocycles. The van der Waals surface area contributed by atoms with Crippen molar-refractivity contribution in [3.05, 3.63) is 30.0 Å². The van der Waals surface area contributed by atoms with Gasteiger partial charge in [0, 0.05) is 30.8 Å². The molecule has 1 aliphatic rings. The Labute approximate surface area is 107 Å². The number of ether oxygens (including phenoxy) is 2. The van der Waals surface area contributed by atoms with E-state index in [1.807, 2.05) is 12.1 Å². The number of aromatic nitrogens is 1. The Hall–Kier alpha value is -1.48. The summed E-state index contributed by atoms with van der Waals surface area (Å²) in [5, 5.41) is 1.24. The van der Waals surface area contributed by atoms with E-state index in [1.54, 1.807) is 7.11 Å². The van der Waals surface area contributed by atoms with Crippen LogP contribution < -0.4 is 4.74 Å². The monoisotopic (exact) mass is 245 g/mol. The summed E-state index contributed by atoms with van der Waals surface area (Å²) in [7, 11) is 3.78. The van der Waals surface area contributed by atoms with Gasteiger partial charge in [0.15, 0.2) is 0 Å². The molecule has 1 aromatic heterocycles. The lowest BCUT2D eigenvalue weighted by Crippen LogP contribution is -2.19. The lowest BCUT2D eigenvalue weighted by Gasteiger charge is -2.22. The highest BCUT2D eigenvalue weighted by atomic mass is 16.5. The molecule has 0 radical (unpaired) electrons. The van der Waals surface area contributed by atoms with Gasteiger partial charge < -0.3 is 14.0 Å². The van der Waals surface area contributed by atoms with Gasteiger partial charge in [0.1, 0.15) is 5.75 Å². The summed E-state index contributed by atoms with van der Waals surface area (Å²) in [5.41, 5.74) is 2.27. The van der Waals surface area contributed by atoms with E-state index < -0.39 is 0 Å². The van der Waals surface area contributed by atoms with Crippen LogP contribution in [0.4, 0.5) is 0 Å². The average molecular weight is 245 g/mol. The van der Waals surface area contributed by atoms with Crippen LogP contribution in [0, 0.1) is 0 Å². The first kappa shape index (κ1) is 11.6. The summed E-state index contributed by atoms with van der Waals surface area (Å²) in [6.07, 6.45) is 4.40. The molecule has 1 aromatic carbocycles. The first-order chi connectivity index (χ1) is 8.65. The van der Waals surface area contributed by atoms with Crippen molar-refractivity contribution in [3.8, 4) is 5.75 Å². The second-order valence-corrected chi connectivity index (χ2v) is 5.19. The van der Waals surface area contributed by atoms with E-state index in [0.29, 0.717) is 0 Å². The molecule has 1 unspecified atom stereocenters. The normalized spacial score (nSPS) is 23.7. The van der Waals surface area contributed by atoms with Crippen LogP contribution in [0.15, 0.2) is 24.4 Å². The van der Waals surface area contributed by atoms with Gasteiger partial charge in [0.05, 0.1) is 18.2 Å². The van der Waals surface area contributed by atoms with Crippen LogP contribution >= 0.6 is 0 Å². The zero-order valence-corrected chi connectivity index (χ0v) is 11.2. The first-order valence-corrected chi connectivity index (χ1v) is 6.42. The van der Waals surface area contributed by atoms with Crippen LogP contribution in [0.2, 0.25) is 0 Å². The van der Waals surface area contributed by atoms with E-state index in [9.17, 15) is 0 Å². The Bertz CT molecular complexity index is 579. The van der Waals surface area contributed by atoms with Gasteiger partial charge >= 0.3 is 0 Å². The predicted molar refractivity (Wildman–Crippen MR) is 72.0 cm³/mol. The molecule has 1 saturated heterocycles. The number of benzene rings is 1. The Morgan fingerprint density at radius 1 is 1.39 bits per heavy atom. The summed E-state index contributed by atoms with van der Waals surface area (Å²) in [6, 6.07) is 6.20. The lowest BCUT2D eigenvalue weighted by molar-refractivity contribution is 0.0179. The van der Waals surface area contributed by atoms with E-state index >= 15 is 0 Å². The zero-order valence-electron chi connectivity index (χ0n) is 11.2. The molecule has 18 heavy (non-hydrogen) atoms. The molecule has 1 atom stereocenters. The molecular weight excluding hydrogens is 226 g/mol. The maximum atomic E-state index is 5.97. The van der Waals surface area contributed by atoms with Crippen molar-refractivity contribution in [3.63, 3.8) is 0 Å². The molecule has 3 nitrogen and oxygen atoms in total. The quantitative estimate of drug-likeness (QED) is 0.811. The van der Waals surface area contributed by atoms with Crippen molar-refractivity contribution in [2.45, 2.75) is 25.4 Å². The summed E-state index contributed by atoms with van der Waals surface area (Å²) in [6.45, 7) is 3.05. The van der Waals surface area contributed by atoms with E-state index in [-0.39, 0.29) is 5.60 Å². The number of methoxy groups -OCH3 is 1. The molecule has 0 spiro atoms. The van der Waals surface area contributed by atoms with Crippen LogP contribution in [0.3, 0.4) is 0 Å². The number of nitrogens with zero attached hydrogens (tertiary/aromatic N) is 1. The maximum Gasteiger partial charge on any atom is 0.143 e. The van der Waals surface area contributed by atoms with Crippen molar-refractivity contribution in [2.24, 2.45) is 7.05 Å². The number of aryl methyl sites for hydroxylation is 1. The van der Waals surface area contributed by atoms with Gasteiger partial charge in [0.2, 0.25) is 0 Å². The standard InChI is InChI=1S/C15H19NO2/c1-15(8-5-9-18-15)12-10-16(2)14-11(12)6-4-7-13(14)17-3/h4,6-7,10H,5,8-9H2,1-3H3. The van der Waals surface area contributed by atoms with Gasteiger partial charge in [0.25, 0.3) is 0 Å². The largest absolute Gasteiger partial charge is 0.495 e. The molecule has 3 heteroatoms. The molecule has 3 rings (SSSR count). The van der Waals surface area contributed by atoms with Crippen molar-refractivity contribution < 1.29 is 9.47 Å². The minimum atomic E-state index is -0.147. The third-order valence-corrected chi connectivity index (χ3v) is 3.97. The third-order valence-electron chi connectivity index (χ3n) is 3.97. The fourth-order valence-electron chi connectivity index (χ4n) is 3.01. The third kappa shape index (κ3) is 1.54. The molecule has 0 amide bonds. The minimum absolute atomic E-state index is 0.147. The fourth-order valence-corrected chi connectivity index (χ4v) is 3.01. The summed E-state index contributed by atoms with van der Waals surface area (Å²) in [5.74, 6) is 0.919. The number of rotatable bonds is 2. The first-order valence-electron chi connectivity index (χ1n) is 6.42. The highest BCUT2D eigenvalue weighted by Gasteiger charge is 2.34. The van der Waals surface area contributed by atoms with Crippen molar-refractivity contribution in [1.29, 1.82) is 0 Å². The molecule has 0 aliphatic carbocycles. The van der Waals surface area contributed by atoms with Crippen LogP contribution in [0.5, 0.6) is 5.75 Å².